The SMILES string of the molecule is OC1CCC(Nc2nc(N3CCOCC3)nc(-n3c(C(F)F)nc4ccccc43)n2)CC1. The predicted octanol–water partition coefficient (Wildman–Crippen LogP) is 2.70. The molecule has 5 rings (SSSR count). The van der Waals surface area contributed by atoms with Gasteiger partial charge in [0.25, 0.3) is 6.43 Å². The van der Waals surface area contributed by atoms with Crippen molar-refractivity contribution in [2.24, 2.45) is 0 Å². The number of ether oxygens (including phenoxy) is 1. The Balaban J connectivity index is 1.58. The number of aromatic nitrogens is 5. The minimum absolute atomic E-state index is 0.0975. The van der Waals surface area contributed by atoms with E-state index in [1.807, 2.05) is 4.90 Å². The van der Waals surface area contributed by atoms with Crippen molar-refractivity contribution < 1.29 is 18.6 Å². The minimum atomic E-state index is -2.79. The molecule has 1 aromatic carbocycles. The molecule has 2 aliphatic rings. The fourth-order valence-electron chi connectivity index (χ4n) is 4.23. The third kappa shape index (κ3) is 4.22. The van der Waals surface area contributed by atoms with Crippen LogP contribution in [0.5, 0.6) is 0 Å². The summed E-state index contributed by atoms with van der Waals surface area (Å²) in [5, 5.41) is 13.1. The van der Waals surface area contributed by atoms with Gasteiger partial charge in [-0.15, -0.1) is 0 Å². The number of nitrogens with zero attached hydrogens (tertiary/aromatic N) is 6. The van der Waals surface area contributed by atoms with Gasteiger partial charge in [-0.25, -0.2) is 13.8 Å². The maximum atomic E-state index is 13.9. The lowest BCUT2D eigenvalue weighted by atomic mass is 9.93. The number of fused-ring (bicyclic) bond motifs is 1. The second-order valence-electron chi connectivity index (χ2n) is 8.10. The van der Waals surface area contributed by atoms with Crippen LogP contribution in [0, 0.1) is 0 Å². The molecule has 0 unspecified atom stereocenters. The maximum Gasteiger partial charge on any atom is 0.296 e. The number of para-hydroxylation sites is 2. The second kappa shape index (κ2) is 8.91. The number of benzene rings is 1. The number of nitrogens with one attached hydrogen (secondary N) is 1. The molecule has 2 fully saturated rings. The van der Waals surface area contributed by atoms with E-state index in [2.05, 4.69) is 25.3 Å². The monoisotopic (exact) mass is 445 g/mol. The third-order valence-electron chi connectivity index (χ3n) is 5.92. The van der Waals surface area contributed by atoms with Crippen molar-refractivity contribution in [1.29, 1.82) is 0 Å². The first-order chi connectivity index (χ1) is 15.6. The fourth-order valence-corrected chi connectivity index (χ4v) is 4.23. The van der Waals surface area contributed by atoms with Gasteiger partial charge in [0.2, 0.25) is 17.8 Å². The topological polar surface area (TPSA) is 101 Å². The average Bonchev–Trinajstić information content (AvgIpc) is 3.21. The van der Waals surface area contributed by atoms with Crippen molar-refractivity contribution in [3.05, 3.63) is 30.1 Å². The Hall–Kier alpha value is -2.92. The minimum Gasteiger partial charge on any atom is -0.393 e. The van der Waals surface area contributed by atoms with Crippen LogP contribution in [0.3, 0.4) is 0 Å². The van der Waals surface area contributed by atoms with Crippen LogP contribution in [0.2, 0.25) is 0 Å². The van der Waals surface area contributed by atoms with E-state index in [4.69, 9.17) is 4.74 Å². The molecule has 3 heterocycles. The normalized spacial score (nSPS) is 21.9. The molecule has 1 saturated heterocycles. The number of rotatable bonds is 5. The molecule has 0 bridgehead atoms. The van der Waals surface area contributed by atoms with E-state index < -0.39 is 12.2 Å². The highest BCUT2D eigenvalue weighted by Crippen LogP contribution is 2.28. The number of imidazole rings is 1. The summed E-state index contributed by atoms with van der Waals surface area (Å²) >= 11 is 0. The largest absolute Gasteiger partial charge is 0.393 e. The Morgan fingerprint density at radius 1 is 0.969 bits per heavy atom. The molecule has 0 radical (unpaired) electrons. The summed E-state index contributed by atoms with van der Waals surface area (Å²) < 4.78 is 34.5. The van der Waals surface area contributed by atoms with Crippen molar-refractivity contribution in [3.63, 3.8) is 0 Å². The molecular formula is C21H25F2N7O2. The van der Waals surface area contributed by atoms with Crippen LogP contribution >= 0.6 is 0 Å². The van der Waals surface area contributed by atoms with Gasteiger partial charge in [0.1, 0.15) is 0 Å². The Morgan fingerprint density at radius 3 is 2.44 bits per heavy atom. The molecule has 2 N–H and O–H groups in total. The van der Waals surface area contributed by atoms with E-state index >= 15 is 0 Å². The van der Waals surface area contributed by atoms with Crippen molar-refractivity contribution >= 4 is 22.9 Å². The molecule has 0 atom stereocenters. The number of alkyl halides is 2. The lowest BCUT2D eigenvalue weighted by molar-refractivity contribution is 0.122. The van der Waals surface area contributed by atoms with Crippen LogP contribution in [0.4, 0.5) is 20.7 Å². The summed E-state index contributed by atoms with van der Waals surface area (Å²) in [4.78, 5) is 19.7. The van der Waals surface area contributed by atoms with E-state index in [1.165, 1.54) is 4.57 Å². The van der Waals surface area contributed by atoms with Gasteiger partial charge in [0.05, 0.1) is 30.4 Å². The van der Waals surface area contributed by atoms with Crippen LogP contribution < -0.4 is 10.2 Å². The van der Waals surface area contributed by atoms with E-state index in [0.29, 0.717) is 62.1 Å². The molecule has 3 aromatic rings. The van der Waals surface area contributed by atoms with E-state index in [-0.39, 0.29) is 18.1 Å². The Kier molecular flexibility index (Phi) is 5.83. The first-order valence-corrected chi connectivity index (χ1v) is 10.9. The van der Waals surface area contributed by atoms with Crippen LogP contribution in [-0.4, -0.2) is 68.1 Å². The first kappa shape index (κ1) is 21.0. The highest BCUT2D eigenvalue weighted by atomic mass is 19.3. The summed E-state index contributed by atoms with van der Waals surface area (Å²) in [6, 6.07) is 7.04. The van der Waals surface area contributed by atoms with Crippen molar-refractivity contribution in [2.45, 2.75) is 44.3 Å². The van der Waals surface area contributed by atoms with Gasteiger partial charge in [-0.2, -0.15) is 15.0 Å². The average molecular weight is 445 g/mol. The van der Waals surface area contributed by atoms with Gasteiger partial charge >= 0.3 is 0 Å². The Bertz CT molecular complexity index is 1080. The Morgan fingerprint density at radius 2 is 1.69 bits per heavy atom. The van der Waals surface area contributed by atoms with Crippen molar-refractivity contribution in [2.75, 3.05) is 36.5 Å². The molecular weight excluding hydrogens is 420 g/mol. The highest BCUT2D eigenvalue weighted by Gasteiger charge is 2.26. The highest BCUT2D eigenvalue weighted by molar-refractivity contribution is 5.77. The summed E-state index contributed by atoms with van der Waals surface area (Å²) in [7, 11) is 0. The molecule has 11 heteroatoms. The van der Waals surface area contributed by atoms with Gasteiger partial charge in [0.15, 0.2) is 5.82 Å². The summed E-state index contributed by atoms with van der Waals surface area (Å²) in [5.41, 5.74) is 0.959. The number of aliphatic hydroxyl groups excluding tert-OH is 1. The molecule has 1 saturated carbocycles. The third-order valence-corrected chi connectivity index (χ3v) is 5.92. The molecule has 1 aliphatic heterocycles. The maximum absolute atomic E-state index is 13.9. The fraction of sp³-hybridized carbons (Fsp3) is 0.524. The van der Waals surface area contributed by atoms with E-state index in [9.17, 15) is 13.9 Å². The molecule has 2 aromatic heterocycles. The summed E-state index contributed by atoms with van der Waals surface area (Å²) in [6.45, 7) is 2.29. The number of hydrogen-bond acceptors (Lipinski definition) is 8. The van der Waals surface area contributed by atoms with Gasteiger partial charge < -0.3 is 20.1 Å². The van der Waals surface area contributed by atoms with Crippen LogP contribution in [-0.2, 0) is 4.74 Å². The van der Waals surface area contributed by atoms with Gasteiger partial charge in [0, 0.05) is 19.1 Å². The smallest absolute Gasteiger partial charge is 0.296 e. The zero-order valence-electron chi connectivity index (χ0n) is 17.5. The predicted molar refractivity (Wildman–Crippen MR) is 114 cm³/mol. The van der Waals surface area contributed by atoms with E-state index in [1.54, 1.807) is 24.3 Å². The van der Waals surface area contributed by atoms with Gasteiger partial charge in [-0.3, -0.25) is 4.57 Å². The van der Waals surface area contributed by atoms with Gasteiger partial charge in [-0.05, 0) is 37.8 Å². The van der Waals surface area contributed by atoms with E-state index in [0.717, 1.165) is 12.8 Å². The lowest BCUT2D eigenvalue weighted by Crippen LogP contribution is -2.38. The quantitative estimate of drug-likeness (QED) is 0.618. The lowest BCUT2D eigenvalue weighted by Gasteiger charge is -2.29. The standard InChI is InChI=1S/C21H25F2N7O2/c22-17(23)18-25-15-3-1-2-4-16(15)30(18)21-27-19(24-13-5-7-14(31)8-6-13)26-20(28-21)29-9-11-32-12-10-29/h1-4,13-14,17,31H,5-12H2,(H,24,26,27,28). The zero-order valence-corrected chi connectivity index (χ0v) is 17.5. The number of morpholine rings is 1. The zero-order chi connectivity index (χ0) is 22.1. The van der Waals surface area contributed by atoms with Crippen LogP contribution in [0.1, 0.15) is 37.9 Å². The molecule has 1 aliphatic carbocycles. The molecule has 0 spiro atoms. The number of halogens is 2. The Labute approximate surface area is 183 Å². The summed E-state index contributed by atoms with van der Waals surface area (Å²) in [6.07, 6.45) is -0.100. The number of anilines is 2. The van der Waals surface area contributed by atoms with Crippen LogP contribution in [0.25, 0.3) is 17.0 Å². The molecule has 0 amide bonds. The van der Waals surface area contributed by atoms with Gasteiger partial charge in [-0.1, -0.05) is 12.1 Å². The second-order valence-corrected chi connectivity index (χ2v) is 8.10. The molecule has 9 nitrogen and oxygen atoms in total. The number of hydrogen-bond donors (Lipinski definition) is 2. The van der Waals surface area contributed by atoms with Crippen LogP contribution in [0.15, 0.2) is 24.3 Å². The van der Waals surface area contributed by atoms with Crippen molar-refractivity contribution in [1.82, 2.24) is 24.5 Å². The molecule has 170 valence electrons. The summed E-state index contributed by atoms with van der Waals surface area (Å²) in [5.74, 6) is 0.437. The number of aliphatic hydroxyl groups is 1. The molecule has 32 heavy (non-hydrogen) atoms. The first-order valence-electron chi connectivity index (χ1n) is 10.9. The van der Waals surface area contributed by atoms with Crippen molar-refractivity contribution in [3.8, 4) is 5.95 Å².